The molecule has 1 aliphatic heterocycles. The van der Waals surface area contributed by atoms with E-state index < -0.39 is 12.4 Å². The van der Waals surface area contributed by atoms with Crippen molar-refractivity contribution < 1.29 is 28.9 Å². The maximum absolute atomic E-state index is 12.0. The summed E-state index contributed by atoms with van der Waals surface area (Å²) in [5.41, 5.74) is 0.840. The van der Waals surface area contributed by atoms with E-state index in [0.29, 0.717) is 19.3 Å². The van der Waals surface area contributed by atoms with Gasteiger partial charge in [0.15, 0.2) is 0 Å². The molecule has 0 saturated heterocycles. The summed E-state index contributed by atoms with van der Waals surface area (Å²) >= 11 is 0. The number of aliphatic hydroxyl groups is 1. The van der Waals surface area contributed by atoms with Gasteiger partial charge in [0, 0.05) is 24.3 Å². The third-order valence-electron chi connectivity index (χ3n) is 5.12. The molecule has 6 heteroatoms. The highest BCUT2D eigenvalue weighted by Gasteiger charge is 2.50. The van der Waals surface area contributed by atoms with Gasteiger partial charge in [0.1, 0.15) is 6.61 Å². The highest BCUT2D eigenvalue weighted by Crippen LogP contribution is 2.46. The Balaban J connectivity index is 2.04. The first-order valence-corrected chi connectivity index (χ1v) is 9.56. The molecule has 0 aromatic carbocycles. The molecule has 0 radical (unpaired) electrons. The van der Waals surface area contributed by atoms with Crippen LogP contribution >= 0.6 is 0 Å². The van der Waals surface area contributed by atoms with Crippen LogP contribution in [0.1, 0.15) is 53.9 Å². The molecule has 6 nitrogen and oxygen atoms in total. The van der Waals surface area contributed by atoms with Crippen molar-refractivity contribution in [1.82, 2.24) is 0 Å². The van der Waals surface area contributed by atoms with E-state index in [2.05, 4.69) is 0 Å². The summed E-state index contributed by atoms with van der Waals surface area (Å²) in [4.78, 5) is 23.9. The molecule has 1 aliphatic carbocycles. The van der Waals surface area contributed by atoms with Gasteiger partial charge in [0.25, 0.3) is 0 Å². The SMILES string of the molecule is CC(C)CC(=O)OCC1=CO[C@@H](OC(=O)CC(C)C)[C@@H]2[C@@H](C)[C@@H](O)C[C@H]12. The molecule has 0 amide bonds. The molecule has 2 rings (SSSR count). The van der Waals surface area contributed by atoms with Crippen molar-refractivity contribution in [2.45, 2.75) is 66.3 Å². The van der Waals surface area contributed by atoms with Crippen LogP contribution in [-0.2, 0) is 23.8 Å². The molecular formula is C20H32O6. The fraction of sp³-hybridized carbons (Fsp3) is 0.800. The lowest BCUT2D eigenvalue weighted by atomic mass is 9.83. The lowest BCUT2D eigenvalue weighted by Gasteiger charge is -2.35. The number of carbonyl (C=O) groups excluding carboxylic acids is 2. The van der Waals surface area contributed by atoms with Crippen LogP contribution in [0.2, 0.25) is 0 Å². The zero-order valence-corrected chi connectivity index (χ0v) is 16.4. The highest BCUT2D eigenvalue weighted by atomic mass is 16.7. The third-order valence-corrected chi connectivity index (χ3v) is 5.12. The van der Waals surface area contributed by atoms with Crippen molar-refractivity contribution in [1.29, 1.82) is 0 Å². The van der Waals surface area contributed by atoms with Crippen LogP contribution in [0.25, 0.3) is 0 Å². The van der Waals surface area contributed by atoms with Gasteiger partial charge in [-0.2, -0.15) is 0 Å². The number of hydrogen-bond acceptors (Lipinski definition) is 6. The van der Waals surface area contributed by atoms with E-state index in [0.717, 1.165) is 5.57 Å². The van der Waals surface area contributed by atoms with Gasteiger partial charge in [-0.15, -0.1) is 0 Å². The van der Waals surface area contributed by atoms with Gasteiger partial charge in [0.2, 0.25) is 6.29 Å². The quantitative estimate of drug-likeness (QED) is 0.696. The fourth-order valence-electron chi connectivity index (χ4n) is 3.74. The van der Waals surface area contributed by atoms with E-state index in [1.807, 2.05) is 34.6 Å². The van der Waals surface area contributed by atoms with Crippen LogP contribution < -0.4 is 0 Å². The molecule has 148 valence electrons. The molecule has 1 saturated carbocycles. The summed E-state index contributed by atoms with van der Waals surface area (Å²) in [6, 6.07) is 0. The minimum Gasteiger partial charge on any atom is -0.462 e. The molecule has 5 atom stereocenters. The lowest BCUT2D eigenvalue weighted by molar-refractivity contribution is -0.189. The molecule has 0 aromatic rings. The van der Waals surface area contributed by atoms with Crippen LogP contribution in [0.4, 0.5) is 0 Å². The summed E-state index contributed by atoms with van der Waals surface area (Å²) in [6.45, 7) is 9.93. The molecule has 0 bridgehead atoms. The second kappa shape index (κ2) is 8.89. The molecule has 26 heavy (non-hydrogen) atoms. The first-order valence-electron chi connectivity index (χ1n) is 9.56. The summed E-state index contributed by atoms with van der Waals surface area (Å²) in [6.07, 6.45) is 1.61. The van der Waals surface area contributed by atoms with Crippen LogP contribution in [0.3, 0.4) is 0 Å². The average Bonchev–Trinajstić information content (AvgIpc) is 2.81. The zero-order chi connectivity index (χ0) is 19.4. The maximum atomic E-state index is 12.0. The molecule has 1 heterocycles. The van der Waals surface area contributed by atoms with Crippen LogP contribution in [0.15, 0.2) is 11.8 Å². The highest BCUT2D eigenvalue weighted by molar-refractivity contribution is 5.70. The lowest BCUT2D eigenvalue weighted by Crippen LogP contribution is -2.39. The van der Waals surface area contributed by atoms with Crippen molar-refractivity contribution in [2.24, 2.45) is 29.6 Å². The van der Waals surface area contributed by atoms with E-state index >= 15 is 0 Å². The Morgan fingerprint density at radius 1 is 1.19 bits per heavy atom. The molecule has 0 unspecified atom stereocenters. The van der Waals surface area contributed by atoms with Crippen molar-refractivity contribution in [3.05, 3.63) is 11.8 Å². The van der Waals surface area contributed by atoms with E-state index in [4.69, 9.17) is 14.2 Å². The topological polar surface area (TPSA) is 82.1 Å². The Kier molecular flexibility index (Phi) is 7.09. The van der Waals surface area contributed by atoms with E-state index in [1.54, 1.807) is 6.26 Å². The maximum Gasteiger partial charge on any atom is 0.309 e. The summed E-state index contributed by atoms with van der Waals surface area (Å²) in [5, 5.41) is 10.3. The van der Waals surface area contributed by atoms with Crippen molar-refractivity contribution in [2.75, 3.05) is 6.61 Å². The van der Waals surface area contributed by atoms with Gasteiger partial charge in [-0.25, -0.2) is 0 Å². The number of carbonyl (C=O) groups is 2. The number of aliphatic hydroxyl groups excluding tert-OH is 1. The first kappa shape index (κ1) is 20.7. The van der Waals surface area contributed by atoms with Crippen molar-refractivity contribution in [3.8, 4) is 0 Å². The monoisotopic (exact) mass is 368 g/mol. The number of ether oxygens (including phenoxy) is 3. The molecule has 1 N–H and O–H groups in total. The van der Waals surface area contributed by atoms with Gasteiger partial charge in [-0.05, 0) is 30.1 Å². The van der Waals surface area contributed by atoms with Gasteiger partial charge < -0.3 is 19.3 Å². The summed E-state index contributed by atoms with van der Waals surface area (Å²) in [5.74, 6) is -0.300. The molecule has 0 spiro atoms. The Morgan fingerprint density at radius 2 is 1.81 bits per heavy atom. The van der Waals surface area contributed by atoms with Gasteiger partial charge in [-0.1, -0.05) is 34.6 Å². The summed E-state index contributed by atoms with van der Waals surface area (Å²) < 4.78 is 16.6. The molecule has 0 aromatic heterocycles. The zero-order valence-electron chi connectivity index (χ0n) is 16.4. The second-order valence-corrected chi connectivity index (χ2v) is 8.39. The minimum absolute atomic E-state index is 0.0163. The predicted octanol–water partition coefficient (Wildman–Crippen LogP) is 3.04. The standard InChI is InChI=1S/C20H32O6/c1-11(2)6-17(22)24-9-14-10-25-20(26-18(23)7-12(3)4)19-13(5)16(21)8-15(14)19/h10-13,15-16,19-21H,6-9H2,1-5H3/t13-,15+,16-,19+,20-/m0/s1. The Bertz CT molecular complexity index is 538. The van der Waals surface area contributed by atoms with Crippen LogP contribution in [0.5, 0.6) is 0 Å². The normalized spacial score (nSPS) is 30.6. The average molecular weight is 368 g/mol. The second-order valence-electron chi connectivity index (χ2n) is 8.39. The summed E-state index contributed by atoms with van der Waals surface area (Å²) in [7, 11) is 0. The molecule has 1 fully saturated rings. The van der Waals surface area contributed by atoms with Gasteiger partial charge in [-0.3, -0.25) is 9.59 Å². The molecule has 2 aliphatic rings. The molecular weight excluding hydrogens is 336 g/mol. The number of hydrogen-bond donors (Lipinski definition) is 1. The Hall–Kier alpha value is -1.56. The van der Waals surface area contributed by atoms with Crippen molar-refractivity contribution in [3.63, 3.8) is 0 Å². The van der Waals surface area contributed by atoms with Gasteiger partial charge in [0.05, 0.1) is 12.4 Å². The third kappa shape index (κ3) is 5.22. The number of rotatable bonds is 7. The Morgan fingerprint density at radius 3 is 2.42 bits per heavy atom. The Labute approximate surface area is 155 Å². The predicted molar refractivity (Wildman–Crippen MR) is 95.7 cm³/mol. The van der Waals surface area contributed by atoms with E-state index in [9.17, 15) is 14.7 Å². The van der Waals surface area contributed by atoms with Gasteiger partial charge >= 0.3 is 11.9 Å². The van der Waals surface area contributed by atoms with E-state index in [-0.39, 0.29) is 48.1 Å². The number of esters is 2. The smallest absolute Gasteiger partial charge is 0.309 e. The largest absolute Gasteiger partial charge is 0.462 e. The van der Waals surface area contributed by atoms with Crippen molar-refractivity contribution >= 4 is 11.9 Å². The van der Waals surface area contributed by atoms with E-state index in [1.165, 1.54) is 0 Å². The van der Waals surface area contributed by atoms with Crippen LogP contribution in [-0.4, -0.2) is 36.0 Å². The first-order chi connectivity index (χ1) is 12.2. The van der Waals surface area contributed by atoms with Crippen LogP contribution in [0, 0.1) is 29.6 Å². The number of fused-ring (bicyclic) bond motifs is 1. The minimum atomic E-state index is -0.700. The fourth-order valence-corrected chi connectivity index (χ4v) is 3.74.